The molecule has 0 radical (unpaired) electrons. The van der Waals surface area contributed by atoms with Crippen molar-refractivity contribution in [2.75, 3.05) is 10.5 Å². The Kier molecular flexibility index (Phi) is 4.44. The third-order valence-electron chi connectivity index (χ3n) is 3.20. The molecule has 2 aromatic rings. The van der Waals surface area contributed by atoms with E-state index in [0.717, 1.165) is 17.5 Å². The zero-order chi connectivity index (χ0) is 15.6. The maximum Gasteiger partial charge on any atom is 0.263 e. The lowest BCUT2D eigenvalue weighted by Crippen LogP contribution is -2.14. The number of rotatable bonds is 4. The Morgan fingerprint density at radius 1 is 1.24 bits per heavy atom. The highest BCUT2D eigenvalue weighted by Crippen LogP contribution is 2.28. The van der Waals surface area contributed by atoms with E-state index in [4.69, 9.17) is 17.3 Å². The van der Waals surface area contributed by atoms with E-state index in [9.17, 15) is 8.42 Å². The minimum Gasteiger partial charge on any atom is -0.398 e. The highest BCUT2D eigenvalue weighted by atomic mass is 35.5. The van der Waals surface area contributed by atoms with Gasteiger partial charge in [-0.3, -0.25) is 4.72 Å². The first kappa shape index (κ1) is 15.7. The van der Waals surface area contributed by atoms with Crippen molar-refractivity contribution < 1.29 is 8.42 Å². The molecule has 0 aliphatic rings. The predicted molar refractivity (Wildman–Crippen MR) is 87.2 cm³/mol. The lowest BCUT2D eigenvalue weighted by Gasteiger charge is -2.12. The standard InChI is InChI=1S/C15H17ClN2O2S/c1-3-11-5-4-6-12(8-11)18-21(19,20)15-9-14(17)10(2)7-13(15)16/h4-9,18H,3,17H2,1-2H3. The number of nitrogens with two attached hydrogens (primary N) is 1. The van der Waals surface area contributed by atoms with Crippen LogP contribution in [0, 0.1) is 6.92 Å². The molecular weight excluding hydrogens is 308 g/mol. The molecule has 2 rings (SSSR count). The second-order valence-corrected chi connectivity index (χ2v) is 6.86. The monoisotopic (exact) mass is 324 g/mol. The van der Waals surface area contributed by atoms with Crippen LogP contribution in [0.25, 0.3) is 0 Å². The second-order valence-electron chi connectivity index (χ2n) is 4.80. The minimum atomic E-state index is -3.77. The molecule has 0 atom stereocenters. The first-order valence-corrected chi connectivity index (χ1v) is 8.37. The number of hydrogen-bond acceptors (Lipinski definition) is 3. The summed E-state index contributed by atoms with van der Waals surface area (Å²) in [5.74, 6) is 0. The lowest BCUT2D eigenvalue weighted by molar-refractivity contribution is 0.601. The van der Waals surface area contributed by atoms with Gasteiger partial charge in [0.25, 0.3) is 10.0 Å². The SMILES string of the molecule is CCc1cccc(NS(=O)(=O)c2cc(N)c(C)cc2Cl)c1. The predicted octanol–water partition coefficient (Wildman–Crippen LogP) is 3.59. The van der Waals surface area contributed by atoms with Gasteiger partial charge in [-0.05, 0) is 48.7 Å². The Morgan fingerprint density at radius 3 is 2.62 bits per heavy atom. The summed E-state index contributed by atoms with van der Waals surface area (Å²) in [4.78, 5) is -0.0193. The molecule has 0 amide bonds. The average molecular weight is 325 g/mol. The van der Waals surface area contributed by atoms with Crippen molar-refractivity contribution in [2.24, 2.45) is 0 Å². The lowest BCUT2D eigenvalue weighted by atomic mass is 10.1. The van der Waals surface area contributed by atoms with Crippen LogP contribution in [0.2, 0.25) is 5.02 Å². The van der Waals surface area contributed by atoms with Crippen LogP contribution in [0.15, 0.2) is 41.3 Å². The third kappa shape index (κ3) is 3.49. The molecule has 3 N–H and O–H groups in total. The molecule has 4 nitrogen and oxygen atoms in total. The Hall–Kier alpha value is -1.72. The number of benzene rings is 2. The van der Waals surface area contributed by atoms with Crippen LogP contribution < -0.4 is 10.5 Å². The topological polar surface area (TPSA) is 72.2 Å². The molecule has 0 fully saturated rings. The van der Waals surface area contributed by atoms with Crippen LogP contribution in [0.5, 0.6) is 0 Å². The van der Waals surface area contributed by atoms with E-state index >= 15 is 0 Å². The Morgan fingerprint density at radius 2 is 1.95 bits per heavy atom. The summed E-state index contributed by atoms with van der Waals surface area (Å²) in [7, 11) is -3.77. The van der Waals surface area contributed by atoms with Crippen LogP contribution >= 0.6 is 11.6 Å². The normalized spacial score (nSPS) is 11.4. The summed E-state index contributed by atoms with van der Waals surface area (Å²) in [6.07, 6.45) is 0.827. The number of sulfonamides is 1. The summed E-state index contributed by atoms with van der Waals surface area (Å²) in [5.41, 5.74) is 8.46. The molecule has 0 spiro atoms. The van der Waals surface area contributed by atoms with Gasteiger partial charge in [0.1, 0.15) is 4.90 Å². The van der Waals surface area contributed by atoms with Gasteiger partial charge >= 0.3 is 0 Å². The van der Waals surface area contributed by atoms with Gasteiger partial charge in [-0.2, -0.15) is 0 Å². The number of anilines is 2. The van der Waals surface area contributed by atoms with Crippen molar-refractivity contribution in [2.45, 2.75) is 25.2 Å². The van der Waals surface area contributed by atoms with Gasteiger partial charge in [0.05, 0.1) is 5.02 Å². The number of halogens is 1. The fourth-order valence-electron chi connectivity index (χ4n) is 1.94. The fourth-order valence-corrected chi connectivity index (χ4v) is 3.61. The van der Waals surface area contributed by atoms with E-state index in [1.165, 1.54) is 6.07 Å². The molecule has 6 heteroatoms. The van der Waals surface area contributed by atoms with Crippen LogP contribution in [0.4, 0.5) is 11.4 Å². The quantitative estimate of drug-likeness (QED) is 0.844. The summed E-state index contributed by atoms with van der Waals surface area (Å²) < 4.78 is 27.4. The van der Waals surface area contributed by atoms with Gasteiger partial charge in [-0.25, -0.2) is 8.42 Å². The van der Waals surface area contributed by atoms with Crippen LogP contribution in [-0.2, 0) is 16.4 Å². The minimum absolute atomic E-state index is 0.0193. The van der Waals surface area contributed by atoms with Crippen molar-refractivity contribution in [1.29, 1.82) is 0 Å². The molecule has 0 unspecified atom stereocenters. The average Bonchev–Trinajstić information content (AvgIpc) is 2.42. The van der Waals surface area contributed by atoms with Gasteiger partial charge in [-0.1, -0.05) is 30.7 Å². The third-order valence-corrected chi connectivity index (χ3v) is 5.04. The maximum absolute atomic E-state index is 12.4. The van der Waals surface area contributed by atoms with Crippen molar-refractivity contribution in [3.05, 3.63) is 52.5 Å². The molecule has 0 aliphatic carbocycles. The maximum atomic E-state index is 12.4. The molecule has 0 saturated carbocycles. The van der Waals surface area contributed by atoms with E-state index in [2.05, 4.69) is 4.72 Å². The molecule has 21 heavy (non-hydrogen) atoms. The molecular formula is C15H17ClN2O2S. The number of hydrogen-bond donors (Lipinski definition) is 2. The van der Waals surface area contributed by atoms with Gasteiger partial charge < -0.3 is 5.73 Å². The van der Waals surface area contributed by atoms with Crippen molar-refractivity contribution in [1.82, 2.24) is 0 Å². The molecule has 0 aromatic heterocycles. The van der Waals surface area contributed by atoms with Crippen LogP contribution in [0.1, 0.15) is 18.1 Å². The summed E-state index contributed by atoms with van der Waals surface area (Å²) >= 11 is 6.04. The number of nitrogen functional groups attached to an aromatic ring is 1. The van der Waals surface area contributed by atoms with Gasteiger partial charge in [-0.15, -0.1) is 0 Å². The van der Waals surface area contributed by atoms with Crippen LogP contribution in [0.3, 0.4) is 0 Å². The molecule has 0 aliphatic heterocycles. The summed E-state index contributed by atoms with van der Waals surface area (Å²) in [5, 5.41) is 0.154. The molecule has 2 aromatic carbocycles. The highest BCUT2D eigenvalue weighted by molar-refractivity contribution is 7.92. The van der Waals surface area contributed by atoms with Gasteiger partial charge in [0, 0.05) is 11.4 Å². The summed E-state index contributed by atoms with van der Waals surface area (Å²) in [6, 6.07) is 10.2. The van der Waals surface area contributed by atoms with E-state index < -0.39 is 10.0 Å². The Labute approximate surface area is 130 Å². The fraction of sp³-hybridized carbons (Fsp3) is 0.200. The van der Waals surface area contributed by atoms with E-state index in [-0.39, 0.29) is 9.92 Å². The molecule has 0 saturated heterocycles. The first-order chi connectivity index (χ1) is 9.83. The van der Waals surface area contributed by atoms with E-state index in [0.29, 0.717) is 11.4 Å². The number of nitrogens with one attached hydrogen (secondary N) is 1. The highest BCUT2D eigenvalue weighted by Gasteiger charge is 2.19. The molecule has 0 heterocycles. The zero-order valence-corrected chi connectivity index (χ0v) is 13.4. The largest absolute Gasteiger partial charge is 0.398 e. The van der Waals surface area contributed by atoms with Crippen molar-refractivity contribution in [3.63, 3.8) is 0 Å². The van der Waals surface area contributed by atoms with E-state index in [1.54, 1.807) is 25.1 Å². The Bertz CT molecular complexity index is 773. The van der Waals surface area contributed by atoms with Crippen molar-refractivity contribution in [3.8, 4) is 0 Å². The zero-order valence-electron chi connectivity index (χ0n) is 11.9. The van der Waals surface area contributed by atoms with Gasteiger partial charge in [0.15, 0.2) is 0 Å². The summed E-state index contributed by atoms with van der Waals surface area (Å²) in [6.45, 7) is 3.78. The van der Waals surface area contributed by atoms with Crippen molar-refractivity contribution >= 4 is 33.0 Å². The molecule has 0 bridgehead atoms. The first-order valence-electron chi connectivity index (χ1n) is 6.51. The Balaban J connectivity index is 2.40. The smallest absolute Gasteiger partial charge is 0.263 e. The van der Waals surface area contributed by atoms with Crippen LogP contribution in [-0.4, -0.2) is 8.42 Å². The van der Waals surface area contributed by atoms with E-state index in [1.807, 2.05) is 19.1 Å². The van der Waals surface area contributed by atoms with Gasteiger partial charge in [0.2, 0.25) is 0 Å². The number of aryl methyl sites for hydroxylation is 2. The second kappa shape index (κ2) is 5.95. The molecule has 112 valence electrons.